The summed E-state index contributed by atoms with van der Waals surface area (Å²) in [6.07, 6.45) is 0. The van der Waals surface area contributed by atoms with Crippen molar-refractivity contribution in [3.05, 3.63) is 35.9 Å². The molecule has 2 heteroatoms. The SMILES string of the molecule is CC(C)c1ccccc1.CCOO. The first-order valence-electron chi connectivity index (χ1n) is 4.53. The summed E-state index contributed by atoms with van der Waals surface area (Å²) in [4.78, 5) is 3.54. The van der Waals surface area contributed by atoms with Crippen molar-refractivity contribution in [2.24, 2.45) is 0 Å². The lowest BCUT2D eigenvalue weighted by molar-refractivity contribution is -0.237. The van der Waals surface area contributed by atoms with Gasteiger partial charge in [0, 0.05) is 0 Å². The van der Waals surface area contributed by atoms with Crippen LogP contribution in [0.25, 0.3) is 0 Å². The summed E-state index contributed by atoms with van der Waals surface area (Å²) >= 11 is 0. The first-order valence-corrected chi connectivity index (χ1v) is 4.53. The van der Waals surface area contributed by atoms with Crippen molar-refractivity contribution < 1.29 is 10.1 Å². The molecule has 0 saturated heterocycles. The van der Waals surface area contributed by atoms with Crippen LogP contribution in [0.2, 0.25) is 0 Å². The van der Waals surface area contributed by atoms with Crippen LogP contribution in [-0.4, -0.2) is 11.9 Å². The molecule has 0 atom stereocenters. The van der Waals surface area contributed by atoms with Crippen molar-refractivity contribution in [2.75, 3.05) is 6.61 Å². The zero-order chi connectivity index (χ0) is 10.1. The van der Waals surface area contributed by atoms with Gasteiger partial charge in [0.1, 0.15) is 0 Å². The van der Waals surface area contributed by atoms with E-state index in [2.05, 4.69) is 43.0 Å². The highest BCUT2D eigenvalue weighted by molar-refractivity contribution is 5.17. The summed E-state index contributed by atoms with van der Waals surface area (Å²) in [5.74, 6) is 0.659. The summed E-state index contributed by atoms with van der Waals surface area (Å²) in [5, 5.41) is 7.38. The second-order valence-corrected chi connectivity index (χ2v) is 2.98. The van der Waals surface area contributed by atoms with Gasteiger partial charge in [0.15, 0.2) is 0 Å². The molecule has 0 aliphatic carbocycles. The fraction of sp³-hybridized carbons (Fsp3) is 0.455. The Kier molecular flexibility index (Phi) is 7.26. The molecule has 0 bridgehead atoms. The highest BCUT2D eigenvalue weighted by Gasteiger charge is 1.93. The van der Waals surface area contributed by atoms with E-state index in [4.69, 9.17) is 5.26 Å². The van der Waals surface area contributed by atoms with Crippen molar-refractivity contribution in [1.82, 2.24) is 0 Å². The van der Waals surface area contributed by atoms with E-state index in [9.17, 15) is 0 Å². The lowest BCUT2D eigenvalue weighted by Crippen LogP contribution is -1.83. The highest BCUT2D eigenvalue weighted by atomic mass is 17.1. The fourth-order valence-electron chi connectivity index (χ4n) is 0.838. The maximum absolute atomic E-state index is 7.38. The van der Waals surface area contributed by atoms with Gasteiger partial charge in [-0.2, -0.15) is 0 Å². The van der Waals surface area contributed by atoms with E-state index in [0.717, 1.165) is 0 Å². The van der Waals surface area contributed by atoms with Crippen LogP contribution in [0, 0.1) is 0 Å². The maximum atomic E-state index is 7.38. The van der Waals surface area contributed by atoms with E-state index in [1.807, 2.05) is 6.07 Å². The quantitative estimate of drug-likeness (QED) is 0.561. The predicted octanol–water partition coefficient (Wildman–Crippen LogP) is 3.31. The van der Waals surface area contributed by atoms with Crippen LogP contribution in [0.1, 0.15) is 32.3 Å². The van der Waals surface area contributed by atoms with Gasteiger partial charge in [0.2, 0.25) is 0 Å². The van der Waals surface area contributed by atoms with E-state index < -0.39 is 0 Å². The Morgan fingerprint density at radius 3 is 1.92 bits per heavy atom. The average Bonchev–Trinajstić information content (AvgIpc) is 2.19. The summed E-state index contributed by atoms with van der Waals surface area (Å²) in [5.41, 5.74) is 1.41. The van der Waals surface area contributed by atoms with Gasteiger partial charge < -0.3 is 0 Å². The molecule has 0 unspecified atom stereocenters. The van der Waals surface area contributed by atoms with Crippen LogP contribution in [0.4, 0.5) is 0 Å². The zero-order valence-corrected chi connectivity index (χ0v) is 8.53. The average molecular weight is 182 g/mol. The Hall–Kier alpha value is -0.860. The van der Waals surface area contributed by atoms with E-state index in [-0.39, 0.29) is 0 Å². The van der Waals surface area contributed by atoms with Crippen LogP contribution in [0.15, 0.2) is 30.3 Å². The molecule has 0 fully saturated rings. The van der Waals surface area contributed by atoms with E-state index in [1.165, 1.54) is 5.56 Å². The lowest BCUT2D eigenvalue weighted by atomic mass is 10.0. The van der Waals surface area contributed by atoms with Crippen molar-refractivity contribution >= 4 is 0 Å². The minimum atomic E-state index is 0.375. The molecule has 0 aliphatic rings. The van der Waals surface area contributed by atoms with Gasteiger partial charge in [0.05, 0.1) is 6.61 Å². The Balaban J connectivity index is 0.000000310. The molecule has 0 heterocycles. The molecule has 1 aromatic carbocycles. The Morgan fingerprint density at radius 2 is 1.69 bits per heavy atom. The van der Waals surface area contributed by atoms with Gasteiger partial charge in [-0.1, -0.05) is 44.2 Å². The summed E-state index contributed by atoms with van der Waals surface area (Å²) in [6, 6.07) is 10.5. The van der Waals surface area contributed by atoms with Crippen LogP contribution in [0.3, 0.4) is 0 Å². The molecular weight excluding hydrogens is 164 g/mol. The summed E-state index contributed by atoms with van der Waals surface area (Å²) < 4.78 is 0. The van der Waals surface area contributed by atoms with Crippen LogP contribution >= 0.6 is 0 Å². The van der Waals surface area contributed by atoms with Gasteiger partial charge in [-0.3, -0.25) is 5.26 Å². The minimum absolute atomic E-state index is 0.375. The van der Waals surface area contributed by atoms with Gasteiger partial charge >= 0.3 is 0 Å². The Morgan fingerprint density at radius 1 is 1.23 bits per heavy atom. The van der Waals surface area contributed by atoms with Crippen LogP contribution in [-0.2, 0) is 4.89 Å². The molecule has 1 N–H and O–H groups in total. The molecule has 13 heavy (non-hydrogen) atoms. The Bertz CT molecular complexity index is 193. The van der Waals surface area contributed by atoms with Crippen molar-refractivity contribution in [2.45, 2.75) is 26.7 Å². The maximum Gasteiger partial charge on any atom is 0.0791 e. The third kappa shape index (κ3) is 6.31. The molecule has 1 rings (SSSR count). The molecule has 74 valence electrons. The molecule has 0 saturated carbocycles. The van der Waals surface area contributed by atoms with Crippen LogP contribution in [0.5, 0.6) is 0 Å². The Labute approximate surface area is 80.1 Å². The molecular formula is C11H18O2. The van der Waals surface area contributed by atoms with E-state index >= 15 is 0 Å². The van der Waals surface area contributed by atoms with Crippen molar-refractivity contribution in [3.63, 3.8) is 0 Å². The predicted molar refractivity (Wildman–Crippen MR) is 54.8 cm³/mol. The van der Waals surface area contributed by atoms with E-state index in [0.29, 0.717) is 12.5 Å². The largest absolute Gasteiger partial charge is 0.252 e. The summed E-state index contributed by atoms with van der Waals surface area (Å²) in [7, 11) is 0. The molecule has 0 aliphatic heterocycles. The van der Waals surface area contributed by atoms with Crippen molar-refractivity contribution in [3.8, 4) is 0 Å². The normalized spacial score (nSPS) is 9.31. The van der Waals surface area contributed by atoms with Gasteiger partial charge in [0.25, 0.3) is 0 Å². The first kappa shape index (κ1) is 12.1. The minimum Gasteiger partial charge on any atom is -0.252 e. The van der Waals surface area contributed by atoms with Crippen LogP contribution < -0.4 is 0 Å². The first-order chi connectivity index (χ1) is 6.22. The monoisotopic (exact) mass is 182 g/mol. The molecule has 1 aromatic rings. The third-order valence-corrected chi connectivity index (χ3v) is 1.60. The summed E-state index contributed by atoms with van der Waals surface area (Å²) in [6.45, 7) is 6.49. The van der Waals surface area contributed by atoms with Gasteiger partial charge in [-0.25, -0.2) is 4.89 Å². The number of rotatable bonds is 2. The zero-order valence-electron chi connectivity index (χ0n) is 8.53. The molecule has 0 aromatic heterocycles. The second kappa shape index (κ2) is 7.77. The third-order valence-electron chi connectivity index (χ3n) is 1.60. The second-order valence-electron chi connectivity index (χ2n) is 2.98. The van der Waals surface area contributed by atoms with Gasteiger partial charge in [-0.15, -0.1) is 0 Å². The van der Waals surface area contributed by atoms with Gasteiger partial charge in [-0.05, 0) is 18.4 Å². The number of benzene rings is 1. The molecule has 0 amide bonds. The van der Waals surface area contributed by atoms with E-state index in [1.54, 1.807) is 6.92 Å². The topological polar surface area (TPSA) is 29.5 Å². The smallest absolute Gasteiger partial charge is 0.0791 e. The number of hydrogen-bond donors (Lipinski definition) is 1. The van der Waals surface area contributed by atoms with Crippen molar-refractivity contribution in [1.29, 1.82) is 0 Å². The molecule has 2 nitrogen and oxygen atoms in total. The number of hydrogen-bond acceptors (Lipinski definition) is 2. The fourth-order valence-corrected chi connectivity index (χ4v) is 0.838. The standard InChI is InChI=1S/C9H12.C2H6O2/c1-8(2)9-6-4-3-5-7-9;1-2-4-3/h3-8H,1-2H3;3H,2H2,1H3. The highest BCUT2D eigenvalue weighted by Crippen LogP contribution is 2.11. The molecule has 0 radical (unpaired) electrons. The molecule has 0 spiro atoms. The lowest BCUT2D eigenvalue weighted by Gasteiger charge is -2.01.